The molecular formula is C10H20N2O. The quantitative estimate of drug-likeness (QED) is 0.714. The summed E-state index contributed by atoms with van der Waals surface area (Å²) in [7, 11) is 0. The standard InChI is InChI=1S/C10H20N2O/c1-4-8(9(11)13)12-7-5-6-10(12,2)3/h8H,4-7H2,1-3H3,(H2,11,13). The molecule has 0 aliphatic carbocycles. The lowest BCUT2D eigenvalue weighted by Gasteiger charge is -2.36. The molecule has 0 bridgehead atoms. The zero-order valence-electron chi connectivity index (χ0n) is 8.84. The van der Waals surface area contributed by atoms with Gasteiger partial charge in [-0.2, -0.15) is 0 Å². The van der Waals surface area contributed by atoms with Crippen LogP contribution in [0.15, 0.2) is 0 Å². The molecule has 0 aromatic rings. The van der Waals surface area contributed by atoms with Crippen LogP contribution in [0.5, 0.6) is 0 Å². The van der Waals surface area contributed by atoms with Gasteiger partial charge < -0.3 is 5.73 Å². The molecule has 13 heavy (non-hydrogen) atoms. The molecule has 1 fully saturated rings. The molecule has 1 aliphatic rings. The van der Waals surface area contributed by atoms with Gasteiger partial charge in [-0.3, -0.25) is 9.69 Å². The average Bonchev–Trinajstić information content (AvgIpc) is 2.32. The van der Waals surface area contributed by atoms with E-state index in [1.165, 1.54) is 6.42 Å². The van der Waals surface area contributed by atoms with Crippen molar-refractivity contribution in [2.45, 2.75) is 51.6 Å². The van der Waals surface area contributed by atoms with Gasteiger partial charge in [0.2, 0.25) is 5.91 Å². The van der Waals surface area contributed by atoms with Gasteiger partial charge in [0.25, 0.3) is 0 Å². The van der Waals surface area contributed by atoms with Crippen LogP contribution in [-0.4, -0.2) is 28.9 Å². The summed E-state index contributed by atoms with van der Waals surface area (Å²) in [5.74, 6) is -0.183. The lowest BCUT2D eigenvalue weighted by molar-refractivity contribution is -0.124. The number of carbonyl (C=O) groups is 1. The molecule has 2 N–H and O–H groups in total. The predicted molar refractivity (Wildman–Crippen MR) is 53.3 cm³/mol. The fraction of sp³-hybridized carbons (Fsp3) is 0.900. The lowest BCUT2D eigenvalue weighted by atomic mass is 9.99. The van der Waals surface area contributed by atoms with Gasteiger partial charge in [0, 0.05) is 5.54 Å². The molecule has 0 aromatic carbocycles. The van der Waals surface area contributed by atoms with Crippen LogP contribution in [-0.2, 0) is 4.79 Å². The second kappa shape index (κ2) is 3.66. The Kier molecular flexibility index (Phi) is 2.96. The Morgan fingerprint density at radius 2 is 2.23 bits per heavy atom. The smallest absolute Gasteiger partial charge is 0.234 e. The Labute approximate surface area is 80.3 Å². The molecule has 1 unspecified atom stereocenters. The number of primary amides is 1. The molecule has 1 rings (SSSR count). The first kappa shape index (κ1) is 10.5. The van der Waals surface area contributed by atoms with E-state index in [1.807, 2.05) is 6.92 Å². The van der Waals surface area contributed by atoms with Crippen LogP contribution < -0.4 is 5.73 Å². The normalized spacial score (nSPS) is 24.5. The van der Waals surface area contributed by atoms with Crippen molar-refractivity contribution in [1.82, 2.24) is 4.90 Å². The maximum atomic E-state index is 11.2. The van der Waals surface area contributed by atoms with E-state index in [-0.39, 0.29) is 17.5 Å². The topological polar surface area (TPSA) is 46.3 Å². The van der Waals surface area contributed by atoms with E-state index in [2.05, 4.69) is 18.7 Å². The molecule has 0 spiro atoms. The Morgan fingerprint density at radius 1 is 1.62 bits per heavy atom. The summed E-state index contributed by atoms with van der Waals surface area (Å²) in [5.41, 5.74) is 5.52. The van der Waals surface area contributed by atoms with Crippen LogP contribution in [0, 0.1) is 0 Å². The molecule has 1 saturated heterocycles. The van der Waals surface area contributed by atoms with Gasteiger partial charge >= 0.3 is 0 Å². The SMILES string of the molecule is CCC(C(N)=O)N1CCCC1(C)C. The minimum atomic E-state index is -0.183. The fourth-order valence-electron chi connectivity index (χ4n) is 2.28. The van der Waals surface area contributed by atoms with Crippen LogP contribution in [0.2, 0.25) is 0 Å². The van der Waals surface area contributed by atoms with Gasteiger partial charge in [0.05, 0.1) is 6.04 Å². The summed E-state index contributed by atoms with van der Waals surface area (Å²) in [4.78, 5) is 13.4. The van der Waals surface area contributed by atoms with E-state index in [0.29, 0.717) is 0 Å². The van der Waals surface area contributed by atoms with Crippen molar-refractivity contribution in [2.24, 2.45) is 5.73 Å². The first-order valence-electron chi connectivity index (χ1n) is 5.05. The van der Waals surface area contributed by atoms with Gasteiger partial charge in [-0.05, 0) is 39.7 Å². The molecule has 0 aromatic heterocycles. The number of rotatable bonds is 3. The monoisotopic (exact) mass is 184 g/mol. The van der Waals surface area contributed by atoms with Crippen molar-refractivity contribution in [3.8, 4) is 0 Å². The van der Waals surface area contributed by atoms with Gasteiger partial charge in [-0.1, -0.05) is 6.92 Å². The summed E-state index contributed by atoms with van der Waals surface area (Å²) >= 11 is 0. The number of nitrogens with two attached hydrogens (primary N) is 1. The largest absolute Gasteiger partial charge is 0.368 e. The summed E-state index contributed by atoms with van der Waals surface area (Å²) in [5, 5.41) is 0. The fourth-order valence-corrected chi connectivity index (χ4v) is 2.28. The van der Waals surface area contributed by atoms with Crippen LogP contribution in [0.3, 0.4) is 0 Å². The predicted octanol–water partition coefficient (Wildman–Crippen LogP) is 1.12. The van der Waals surface area contributed by atoms with Gasteiger partial charge in [0.15, 0.2) is 0 Å². The summed E-state index contributed by atoms with van der Waals surface area (Å²) in [6.07, 6.45) is 3.16. The minimum absolute atomic E-state index is 0.0718. The molecule has 1 amide bonds. The van der Waals surface area contributed by atoms with Crippen LogP contribution in [0.4, 0.5) is 0 Å². The summed E-state index contributed by atoms with van der Waals surface area (Å²) < 4.78 is 0. The van der Waals surface area contributed by atoms with Gasteiger partial charge in [-0.25, -0.2) is 0 Å². The highest BCUT2D eigenvalue weighted by atomic mass is 16.1. The third kappa shape index (κ3) is 2.02. The van der Waals surface area contributed by atoms with Crippen LogP contribution in [0.25, 0.3) is 0 Å². The first-order valence-corrected chi connectivity index (χ1v) is 5.05. The number of hydrogen-bond acceptors (Lipinski definition) is 2. The molecule has 1 aliphatic heterocycles. The Morgan fingerprint density at radius 3 is 2.54 bits per heavy atom. The maximum absolute atomic E-state index is 11.2. The molecule has 3 nitrogen and oxygen atoms in total. The zero-order valence-corrected chi connectivity index (χ0v) is 8.84. The highest BCUT2D eigenvalue weighted by Gasteiger charge is 2.37. The van der Waals surface area contributed by atoms with Crippen molar-refractivity contribution in [1.29, 1.82) is 0 Å². The van der Waals surface area contributed by atoms with E-state index < -0.39 is 0 Å². The molecule has 76 valence electrons. The van der Waals surface area contributed by atoms with Crippen molar-refractivity contribution in [2.75, 3.05) is 6.54 Å². The van der Waals surface area contributed by atoms with Crippen LogP contribution >= 0.6 is 0 Å². The second-order valence-corrected chi connectivity index (χ2v) is 4.44. The second-order valence-electron chi connectivity index (χ2n) is 4.44. The van der Waals surface area contributed by atoms with E-state index >= 15 is 0 Å². The summed E-state index contributed by atoms with van der Waals surface area (Å²) in [6, 6.07) is -0.0718. The van der Waals surface area contributed by atoms with Crippen molar-refractivity contribution >= 4 is 5.91 Å². The van der Waals surface area contributed by atoms with Crippen molar-refractivity contribution in [3.05, 3.63) is 0 Å². The number of amides is 1. The van der Waals surface area contributed by atoms with E-state index in [1.54, 1.807) is 0 Å². The highest BCUT2D eigenvalue weighted by molar-refractivity contribution is 5.79. The average molecular weight is 184 g/mol. The molecular weight excluding hydrogens is 164 g/mol. The van der Waals surface area contributed by atoms with E-state index in [0.717, 1.165) is 19.4 Å². The molecule has 1 heterocycles. The first-order chi connectivity index (χ1) is 5.99. The number of carbonyl (C=O) groups excluding carboxylic acids is 1. The van der Waals surface area contributed by atoms with Crippen molar-refractivity contribution in [3.63, 3.8) is 0 Å². The molecule has 0 radical (unpaired) electrons. The number of likely N-dealkylation sites (tertiary alicyclic amines) is 1. The minimum Gasteiger partial charge on any atom is -0.368 e. The molecule has 3 heteroatoms. The third-order valence-corrected chi connectivity index (χ3v) is 3.06. The van der Waals surface area contributed by atoms with Gasteiger partial charge in [-0.15, -0.1) is 0 Å². The third-order valence-electron chi connectivity index (χ3n) is 3.06. The van der Waals surface area contributed by atoms with E-state index in [4.69, 9.17) is 5.73 Å². The van der Waals surface area contributed by atoms with Crippen molar-refractivity contribution < 1.29 is 4.79 Å². The number of hydrogen-bond donors (Lipinski definition) is 1. The molecule has 1 atom stereocenters. The Bertz CT molecular complexity index is 201. The highest BCUT2D eigenvalue weighted by Crippen LogP contribution is 2.30. The molecule has 0 saturated carbocycles. The number of nitrogens with zero attached hydrogens (tertiary/aromatic N) is 1. The van der Waals surface area contributed by atoms with Gasteiger partial charge in [0.1, 0.15) is 0 Å². The maximum Gasteiger partial charge on any atom is 0.234 e. The van der Waals surface area contributed by atoms with E-state index in [9.17, 15) is 4.79 Å². The lowest BCUT2D eigenvalue weighted by Crippen LogP contribution is -2.51. The zero-order chi connectivity index (χ0) is 10.1. The Balaban J connectivity index is 2.74. The Hall–Kier alpha value is -0.570. The van der Waals surface area contributed by atoms with Crippen LogP contribution in [0.1, 0.15) is 40.0 Å². The summed E-state index contributed by atoms with van der Waals surface area (Å²) in [6.45, 7) is 7.40.